The molecule has 0 bridgehead atoms. The van der Waals surface area contributed by atoms with Gasteiger partial charge in [0.15, 0.2) is 0 Å². The molecule has 0 radical (unpaired) electrons. The van der Waals surface area contributed by atoms with Crippen LogP contribution in [-0.2, 0) is 4.79 Å². The van der Waals surface area contributed by atoms with Gasteiger partial charge in [0, 0.05) is 17.1 Å². The number of pyridine rings is 1. The van der Waals surface area contributed by atoms with Gasteiger partial charge in [-0.2, -0.15) is 0 Å². The summed E-state index contributed by atoms with van der Waals surface area (Å²) in [5.74, 6) is 0.504. The predicted molar refractivity (Wildman–Crippen MR) is 85.7 cm³/mol. The highest BCUT2D eigenvalue weighted by molar-refractivity contribution is 7.10. The molecule has 1 aliphatic rings. The highest BCUT2D eigenvalue weighted by atomic mass is 35.5. The zero-order valence-electron chi connectivity index (χ0n) is 11.5. The second-order valence-corrected chi connectivity index (χ2v) is 6.47. The number of rotatable bonds is 4. The van der Waals surface area contributed by atoms with E-state index >= 15 is 0 Å². The summed E-state index contributed by atoms with van der Waals surface area (Å²) < 4.78 is 0. The molecule has 1 unspecified atom stereocenters. The molecule has 21 heavy (non-hydrogen) atoms. The van der Waals surface area contributed by atoms with Crippen molar-refractivity contribution in [3.05, 3.63) is 45.7 Å². The third kappa shape index (κ3) is 3.61. The van der Waals surface area contributed by atoms with Gasteiger partial charge in [0.05, 0.1) is 11.6 Å². The van der Waals surface area contributed by atoms with Crippen molar-refractivity contribution in [1.29, 1.82) is 0 Å². The fraction of sp³-hybridized carbons (Fsp3) is 0.333. The lowest BCUT2D eigenvalue weighted by Crippen LogP contribution is -2.32. The third-order valence-corrected chi connectivity index (χ3v) is 4.77. The summed E-state index contributed by atoms with van der Waals surface area (Å²) in [4.78, 5) is 19.8. The molecule has 1 N–H and O–H groups in total. The van der Waals surface area contributed by atoms with Crippen molar-refractivity contribution in [2.75, 3.05) is 18.4 Å². The Kier molecular flexibility index (Phi) is 4.53. The summed E-state index contributed by atoms with van der Waals surface area (Å²) in [5, 5.41) is 5.46. The molecule has 0 aliphatic carbocycles. The average molecular weight is 322 g/mol. The van der Waals surface area contributed by atoms with Crippen molar-refractivity contribution in [1.82, 2.24) is 9.88 Å². The van der Waals surface area contributed by atoms with Gasteiger partial charge in [-0.1, -0.05) is 17.7 Å². The number of anilines is 1. The van der Waals surface area contributed by atoms with E-state index in [4.69, 9.17) is 11.6 Å². The zero-order valence-corrected chi connectivity index (χ0v) is 13.0. The Morgan fingerprint density at radius 1 is 1.48 bits per heavy atom. The summed E-state index contributed by atoms with van der Waals surface area (Å²) in [6, 6.07) is 8.00. The topological polar surface area (TPSA) is 45.2 Å². The lowest BCUT2D eigenvalue weighted by Gasteiger charge is -2.22. The molecule has 1 aliphatic heterocycles. The summed E-state index contributed by atoms with van der Waals surface area (Å²) in [6.45, 7) is 1.36. The number of carbonyl (C=O) groups excluding carboxylic acids is 1. The number of aromatic nitrogens is 1. The first kappa shape index (κ1) is 14.5. The fourth-order valence-electron chi connectivity index (χ4n) is 2.64. The van der Waals surface area contributed by atoms with E-state index in [1.54, 1.807) is 23.5 Å². The Morgan fingerprint density at radius 2 is 2.38 bits per heavy atom. The Hall–Kier alpha value is -1.43. The molecule has 0 saturated carbocycles. The van der Waals surface area contributed by atoms with Crippen molar-refractivity contribution >= 4 is 34.7 Å². The monoisotopic (exact) mass is 321 g/mol. The third-order valence-electron chi connectivity index (χ3n) is 3.58. The molecule has 110 valence electrons. The second-order valence-electron chi connectivity index (χ2n) is 5.05. The minimum Gasteiger partial charge on any atom is -0.310 e. The highest BCUT2D eigenvalue weighted by Crippen LogP contribution is 2.34. The van der Waals surface area contributed by atoms with Crippen LogP contribution in [0, 0.1) is 0 Å². The van der Waals surface area contributed by atoms with E-state index in [9.17, 15) is 4.79 Å². The van der Waals surface area contributed by atoms with Crippen molar-refractivity contribution < 1.29 is 4.79 Å². The van der Waals surface area contributed by atoms with Crippen LogP contribution in [0.25, 0.3) is 0 Å². The van der Waals surface area contributed by atoms with E-state index in [0.717, 1.165) is 19.4 Å². The van der Waals surface area contributed by atoms with Crippen molar-refractivity contribution in [3.8, 4) is 0 Å². The molecule has 1 amide bonds. The van der Waals surface area contributed by atoms with E-state index < -0.39 is 0 Å². The van der Waals surface area contributed by atoms with Crippen LogP contribution in [0.5, 0.6) is 0 Å². The summed E-state index contributed by atoms with van der Waals surface area (Å²) in [5.41, 5.74) is 0. The summed E-state index contributed by atoms with van der Waals surface area (Å²) in [7, 11) is 0. The second kappa shape index (κ2) is 6.56. The maximum atomic E-state index is 12.1. The Balaban J connectivity index is 1.60. The van der Waals surface area contributed by atoms with Crippen molar-refractivity contribution in [2.45, 2.75) is 18.9 Å². The van der Waals surface area contributed by atoms with Gasteiger partial charge in [0.2, 0.25) is 5.91 Å². The lowest BCUT2D eigenvalue weighted by atomic mass is 10.2. The molecule has 0 spiro atoms. The lowest BCUT2D eigenvalue weighted by molar-refractivity contribution is -0.117. The number of nitrogens with zero attached hydrogens (tertiary/aromatic N) is 2. The zero-order chi connectivity index (χ0) is 14.7. The van der Waals surface area contributed by atoms with E-state index in [2.05, 4.69) is 32.7 Å². The van der Waals surface area contributed by atoms with Gasteiger partial charge in [-0.15, -0.1) is 11.3 Å². The quantitative estimate of drug-likeness (QED) is 0.936. The van der Waals surface area contributed by atoms with Gasteiger partial charge in [-0.25, -0.2) is 4.98 Å². The van der Waals surface area contributed by atoms with Crippen LogP contribution in [0.4, 0.5) is 5.82 Å². The van der Waals surface area contributed by atoms with Crippen LogP contribution in [0.3, 0.4) is 0 Å². The maximum absolute atomic E-state index is 12.1. The van der Waals surface area contributed by atoms with Gasteiger partial charge in [0.25, 0.3) is 0 Å². The van der Waals surface area contributed by atoms with Gasteiger partial charge in [-0.3, -0.25) is 9.69 Å². The first-order valence-corrected chi connectivity index (χ1v) is 8.17. The summed E-state index contributed by atoms with van der Waals surface area (Å²) >= 11 is 7.54. The van der Waals surface area contributed by atoms with Gasteiger partial charge in [-0.05, 0) is 43.0 Å². The Bertz CT molecular complexity index is 600. The number of hydrogen-bond donors (Lipinski definition) is 1. The molecule has 2 aromatic heterocycles. The maximum Gasteiger partial charge on any atom is 0.239 e. The minimum absolute atomic E-state index is 0.0340. The van der Waals surface area contributed by atoms with Crippen molar-refractivity contribution in [2.24, 2.45) is 0 Å². The average Bonchev–Trinajstić information content (AvgIpc) is 3.11. The van der Waals surface area contributed by atoms with E-state index in [1.165, 1.54) is 11.1 Å². The van der Waals surface area contributed by atoms with Crippen LogP contribution in [0.2, 0.25) is 5.02 Å². The standard InChI is InChI=1S/C15H16ClN3OS/c16-11-5-6-14(17-9-11)18-15(20)10-19-7-1-3-12(19)13-4-2-8-21-13/h2,4-6,8-9,12H,1,3,7,10H2,(H,17,18,20). The predicted octanol–water partition coefficient (Wildman–Crippen LogP) is 3.57. The van der Waals surface area contributed by atoms with Crippen LogP contribution < -0.4 is 5.32 Å². The first-order valence-electron chi connectivity index (χ1n) is 6.91. The highest BCUT2D eigenvalue weighted by Gasteiger charge is 2.28. The van der Waals surface area contributed by atoms with Gasteiger partial charge < -0.3 is 5.32 Å². The number of halogens is 1. The molecule has 4 nitrogen and oxygen atoms in total. The number of hydrogen-bond acceptors (Lipinski definition) is 4. The molecular weight excluding hydrogens is 306 g/mol. The van der Waals surface area contributed by atoms with Crippen LogP contribution in [-0.4, -0.2) is 28.9 Å². The molecule has 3 heterocycles. The Labute approximate surface area is 132 Å². The molecule has 0 aromatic carbocycles. The van der Waals surface area contributed by atoms with E-state index in [1.807, 2.05) is 0 Å². The SMILES string of the molecule is O=C(CN1CCCC1c1cccs1)Nc1ccc(Cl)cn1. The molecule has 1 saturated heterocycles. The Morgan fingerprint density at radius 3 is 3.10 bits per heavy atom. The van der Waals surface area contributed by atoms with E-state index in [0.29, 0.717) is 23.4 Å². The van der Waals surface area contributed by atoms with Crippen LogP contribution >= 0.6 is 22.9 Å². The molecular formula is C15H16ClN3OS. The normalized spacial score (nSPS) is 18.8. The fourth-order valence-corrected chi connectivity index (χ4v) is 3.64. The molecule has 6 heteroatoms. The van der Waals surface area contributed by atoms with Crippen molar-refractivity contribution in [3.63, 3.8) is 0 Å². The van der Waals surface area contributed by atoms with Crippen LogP contribution in [0.15, 0.2) is 35.8 Å². The number of nitrogens with one attached hydrogen (secondary N) is 1. The largest absolute Gasteiger partial charge is 0.310 e. The van der Waals surface area contributed by atoms with Gasteiger partial charge >= 0.3 is 0 Å². The number of carbonyl (C=O) groups is 1. The molecule has 1 fully saturated rings. The number of amides is 1. The molecule has 3 rings (SSSR count). The smallest absolute Gasteiger partial charge is 0.239 e. The van der Waals surface area contributed by atoms with Crippen LogP contribution in [0.1, 0.15) is 23.8 Å². The molecule has 1 atom stereocenters. The molecule has 2 aromatic rings. The van der Waals surface area contributed by atoms with E-state index in [-0.39, 0.29) is 5.91 Å². The summed E-state index contributed by atoms with van der Waals surface area (Å²) in [6.07, 6.45) is 3.78. The van der Waals surface area contributed by atoms with Gasteiger partial charge in [0.1, 0.15) is 5.82 Å². The number of thiophene rings is 1. The first-order chi connectivity index (χ1) is 10.2. The minimum atomic E-state index is -0.0340. The number of likely N-dealkylation sites (tertiary alicyclic amines) is 1.